The third-order valence-corrected chi connectivity index (χ3v) is 1.85. The van der Waals surface area contributed by atoms with Crippen LogP contribution in [-0.2, 0) is 14.4 Å². The third-order valence-electron chi connectivity index (χ3n) is 1.85. The van der Waals surface area contributed by atoms with Crippen molar-refractivity contribution in [2.75, 3.05) is 19.6 Å². The molecule has 19 heavy (non-hydrogen) atoms. The van der Waals surface area contributed by atoms with E-state index in [4.69, 9.17) is 10.8 Å². The fraction of sp³-hybridized carbons (Fsp3) is 0.750. The summed E-state index contributed by atoms with van der Waals surface area (Å²) in [5.74, 6) is -0.580. The van der Waals surface area contributed by atoms with Crippen LogP contribution in [0.4, 0.5) is 0 Å². The smallest absolute Gasteiger partial charge is 0.303 e. The van der Waals surface area contributed by atoms with Gasteiger partial charge in [-0.2, -0.15) is 0 Å². The maximum absolute atomic E-state index is 11.1. The van der Waals surface area contributed by atoms with E-state index in [0.29, 0.717) is 25.4 Å². The number of aliphatic carboxylic acids is 1. The van der Waals surface area contributed by atoms with E-state index < -0.39 is 5.97 Å². The van der Waals surface area contributed by atoms with E-state index in [1.54, 1.807) is 6.92 Å². The molecule has 0 radical (unpaired) electrons. The Balaban J connectivity index is 0. The zero-order valence-electron chi connectivity index (χ0n) is 11.9. The van der Waals surface area contributed by atoms with Gasteiger partial charge in [0.05, 0.1) is 6.54 Å². The van der Waals surface area contributed by atoms with Gasteiger partial charge in [-0.1, -0.05) is 20.8 Å². The van der Waals surface area contributed by atoms with Crippen LogP contribution in [0.1, 0.15) is 33.6 Å². The first-order valence-corrected chi connectivity index (χ1v) is 6.28. The highest BCUT2D eigenvalue weighted by Gasteiger charge is 2.03. The molecule has 7 nitrogen and oxygen atoms in total. The van der Waals surface area contributed by atoms with Gasteiger partial charge in [0, 0.05) is 25.9 Å². The van der Waals surface area contributed by atoms with Crippen LogP contribution < -0.4 is 16.4 Å². The molecule has 0 rings (SSSR count). The van der Waals surface area contributed by atoms with Crippen LogP contribution in [0.15, 0.2) is 0 Å². The Bertz CT molecular complexity index is 280. The quantitative estimate of drug-likeness (QED) is 0.475. The molecule has 0 saturated carbocycles. The second kappa shape index (κ2) is 12.8. The molecule has 0 spiro atoms. The van der Waals surface area contributed by atoms with Gasteiger partial charge in [-0.25, -0.2) is 0 Å². The molecule has 0 fully saturated rings. The average molecular weight is 275 g/mol. The lowest BCUT2D eigenvalue weighted by molar-refractivity contribution is -0.136. The van der Waals surface area contributed by atoms with E-state index in [0.717, 1.165) is 0 Å². The minimum Gasteiger partial charge on any atom is -0.481 e. The van der Waals surface area contributed by atoms with Gasteiger partial charge in [0.1, 0.15) is 0 Å². The lowest BCUT2D eigenvalue weighted by atomic mass is 10.1. The minimum atomic E-state index is -0.745. The molecule has 0 unspecified atom stereocenters. The molecule has 0 aromatic heterocycles. The molecule has 0 aromatic carbocycles. The number of amides is 2. The third kappa shape index (κ3) is 18.9. The number of nitrogens with one attached hydrogen (secondary N) is 2. The molecule has 0 aliphatic rings. The van der Waals surface area contributed by atoms with Gasteiger partial charge < -0.3 is 21.5 Å². The Kier molecular flexibility index (Phi) is 13.3. The molecule has 7 heteroatoms. The first-order valence-electron chi connectivity index (χ1n) is 6.28. The standard InChI is InChI=1S/C9H19N3O2.C3H6O2/c1-7(2)5-8(13)11-3-4-12-9(14)6-10;1-2-3(4)5/h7H,3-6,10H2,1-2H3,(H,11,13)(H,12,14);2H2,1H3,(H,4,5). The summed E-state index contributed by atoms with van der Waals surface area (Å²) in [5.41, 5.74) is 5.08. The summed E-state index contributed by atoms with van der Waals surface area (Å²) in [6.07, 6.45) is 0.741. The van der Waals surface area contributed by atoms with E-state index in [1.807, 2.05) is 13.8 Å². The Morgan fingerprint density at radius 1 is 1.11 bits per heavy atom. The zero-order valence-corrected chi connectivity index (χ0v) is 11.9. The van der Waals surface area contributed by atoms with Crippen molar-refractivity contribution in [3.63, 3.8) is 0 Å². The van der Waals surface area contributed by atoms with Gasteiger partial charge >= 0.3 is 5.97 Å². The number of hydrogen-bond acceptors (Lipinski definition) is 4. The summed E-state index contributed by atoms with van der Waals surface area (Å²) in [6.45, 7) is 6.44. The molecular weight excluding hydrogens is 250 g/mol. The first-order chi connectivity index (χ1) is 8.83. The summed E-state index contributed by atoms with van der Waals surface area (Å²) in [7, 11) is 0. The molecule has 5 N–H and O–H groups in total. The van der Waals surface area contributed by atoms with Crippen molar-refractivity contribution in [3.05, 3.63) is 0 Å². The van der Waals surface area contributed by atoms with Crippen LogP contribution in [0, 0.1) is 5.92 Å². The van der Waals surface area contributed by atoms with Gasteiger partial charge in [0.25, 0.3) is 0 Å². The number of carbonyl (C=O) groups excluding carboxylic acids is 2. The maximum atomic E-state index is 11.1. The summed E-state index contributed by atoms with van der Waals surface area (Å²) >= 11 is 0. The number of carboxylic acid groups (broad SMARTS) is 1. The SMILES string of the molecule is CC(C)CC(=O)NCCNC(=O)CN.CCC(=O)O. The molecule has 0 heterocycles. The molecule has 2 amide bonds. The summed E-state index contributed by atoms with van der Waals surface area (Å²) in [5, 5.41) is 13.0. The van der Waals surface area contributed by atoms with Crippen molar-refractivity contribution in [1.29, 1.82) is 0 Å². The maximum Gasteiger partial charge on any atom is 0.303 e. The highest BCUT2D eigenvalue weighted by molar-refractivity contribution is 5.78. The van der Waals surface area contributed by atoms with Crippen LogP contribution in [0.25, 0.3) is 0 Å². The van der Waals surface area contributed by atoms with Gasteiger partial charge in [0.2, 0.25) is 11.8 Å². The molecule has 0 aliphatic carbocycles. The lowest BCUT2D eigenvalue weighted by Gasteiger charge is -2.07. The van der Waals surface area contributed by atoms with Crippen molar-refractivity contribution in [2.45, 2.75) is 33.6 Å². The van der Waals surface area contributed by atoms with Crippen molar-refractivity contribution in [1.82, 2.24) is 10.6 Å². The molecule has 0 bridgehead atoms. The van der Waals surface area contributed by atoms with E-state index in [-0.39, 0.29) is 24.8 Å². The summed E-state index contributed by atoms with van der Waals surface area (Å²) in [6, 6.07) is 0. The van der Waals surface area contributed by atoms with Crippen LogP contribution >= 0.6 is 0 Å². The van der Waals surface area contributed by atoms with E-state index in [1.165, 1.54) is 0 Å². The number of hydrogen-bond donors (Lipinski definition) is 4. The van der Waals surface area contributed by atoms with E-state index in [2.05, 4.69) is 10.6 Å². The Morgan fingerprint density at radius 2 is 1.53 bits per heavy atom. The molecular formula is C12H25N3O4. The van der Waals surface area contributed by atoms with Crippen molar-refractivity contribution in [3.8, 4) is 0 Å². The Labute approximate surface area is 113 Å². The minimum absolute atomic E-state index is 0.0139. The highest BCUT2D eigenvalue weighted by Crippen LogP contribution is 1.97. The van der Waals surface area contributed by atoms with Crippen LogP contribution in [0.3, 0.4) is 0 Å². The normalized spacial score (nSPS) is 9.32. The van der Waals surface area contributed by atoms with Crippen molar-refractivity contribution >= 4 is 17.8 Å². The van der Waals surface area contributed by atoms with Crippen molar-refractivity contribution < 1.29 is 19.5 Å². The van der Waals surface area contributed by atoms with Crippen LogP contribution in [-0.4, -0.2) is 42.5 Å². The number of rotatable bonds is 7. The average Bonchev–Trinajstić information content (AvgIpc) is 2.34. The first kappa shape index (κ1) is 19.7. The van der Waals surface area contributed by atoms with Crippen LogP contribution in [0.5, 0.6) is 0 Å². The largest absolute Gasteiger partial charge is 0.481 e. The number of carbonyl (C=O) groups is 3. The number of carboxylic acids is 1. The predicted octanol–water partition coefficient (Wildman–Crippen LogP) is -0.295. The summed E-state index contributed by atoms with van der Waals surface area (Å²) in [4.78, 5) is 31.2. The summed E-state index contributed by atoms with van der Waals surface area (Å²) < 4.78 is 0. The zero-order chi connectivity index (χ0) is 15.3. The molecule has 0 aliphatic heterocycles. The molecule has 0 aromatic rings. The van der Waals surface area contributed by atoms with Crippen molar-refractivity contribution in [2.24, 2.45) is 11.7 Å². The molecule has 0 atom stereocenters. The van der Waals surface area contributed by atoms with E-state index in [9.17, 15) is 14.4 Å². The second-order valence-corrected chi connectivity index (χ2v) is 4.25. The topological polar surface area (TPSA) is 122 Å². The van der Waals surface area contributed by atoms with Crippen LogP contribution in [0.2, 0.25) is 0 Å². The fourth-order valence-corrected chi connectivity index (χ4v) is 0.919. The Morgan fingerprint density at radius 3 is 1.84 bits per heavy atom. The lowest BCUT2D eigenvalue weighted by Crippen LogP contribution is -2.37. The van der Waals surface area contributed by atoms with Gasteiger partial charge in [-0.05, 0) is 5.92 Å². The second-order valence-electron chi connectivity index (χ2n) is 4.25. The highest BCUT2D eigenvalue weighted by atomic mass is 16.4. The van der Waals surface area contributed by atoms with Gasteiger partial charge in [-0.15, -0.1) is 0 Å². The number of nitrogens with two attached hydrogens (primary N) is 1. The Hall–Kier alpha value is -1.63. The monoisotopic (exact) mass is 275 g/mol. The predicted molar refractivity (Wildman–Crippen MR) is 72.5 cm³/mol. The molecule has 112 valence electrons. The van der Waals surface area contributed by atoms with E-state index >= 15 is 0 Å². The fourth-order valence-electron chi connectivity index (χ4n) is 0.919. The van der Waals surface area contributed by atoms with Gasteiger partial charge in [-0.3, -0.25) is 14.4 Å². The van der Waals surface area contributed by atoms with Gasteiger partial charge in [0.15, 0.2) is 0 Å². The molecule has 0 saturated heterocycles.